The lowest BCUT2D eigenvalue weighted by atomic mass is 9.97. The molecule has 0 saturated carbocycles. The van der Waals surface area contributed by atoms with Crippen LogP contribution in [0, 0.1) is 10.1 Å². The maximum absolute atomic E-state index is 10.9. The van der Waals surface area contributed by atoms with E-state index in [2.05, 4.69) is 29.2 Å². The predicted octanol–water partition coefficient (Wildman–Crippen LogP) is 5.02. The first-order chi connectivity index (χ1) is 14.0. The molecule has 0 aromatic heterocycles. The fraction of sp³-hybridized carbons (Fsp3) is 0.174. The third kappa shape index (κ3) is 3.82. The fourth-order valence-corrected chi connectivity index (χ4v) is 3.53. The molecule has 1 atom stereocenters. The van der Waals surface area contributed by atoms with Crippen molar-refractivity contribution in [2.45, 2.75) is 12.5 Å². The van der Waals surface area contributed by atoms with Crippen LogP contribution in [-0.4, -0.2) is 24.7 Å². The molecule has 0 fully saturated rings. The van der Waals surface area contributed by atoms with Crippen molar-refractivity contribution in [1.82, 2.24) is 0 Å². The SMILES string of the molecule is CN(C)c1ccc([C@H]2CC(c3ccc([N+](=O)[O-])cc3)=NN2c2ccccc2)cc1. The summed E-state index contributed by atoms with van der Waals surface area (Å²) in [6, 6.07) is 25.3. The van der Waals surface area contributed by atoms with E-state index in [1.165, 1.54) is 17.7 Å². The van der Waals surface area contributed by atoms with Crippen molar-refractivity contribution in [1.29, 1.82) is 0 Å². The number of anilines is 2. The Hall–Kier alpha value is -3.67. The average molecular weight is 386 g/mol. The van der Waals surface area contributed by atoms with Crippen LogP contribution in [-0.2, 0) is 0 Å². The molecule has 0 aliphatic carbocycles. The largest absolute Gasteiger partial charge is 0.378 e. The number of benzene rings is 3. The van der Waals surface area contributed by atoms with Gasteiger partial charge in [-0.05, 0) is 47.5 Å². The highest BCUT2D eigenvalue weighted by molar-refractivity contribution is 6.03. The third-order valence-corrected chi connectivity index (χ3v) is 5.14. The van der Waals surface area contributed by atoms with E-state index >= 15 is 0 Å². The van der Waals surface area contributed by atoms with Crippen LogP contribution in [0.5, 0.6) is 0 Å². The zero-order chi connectivity index (χ0) is 20.4. The molecule has 0 radical (unpaired) electrons. The van der Waals surface area contributed by atoms with Gasteiger partial charge >= 0.3 is 0 Å². The Kier molecular flexibility index (Phi) is 4.99. The first-order valence-electron chi connectivity index (χ1n) is 9.47. The number of hydrogen-bond acceptors (Lipinski definition) is 5. The van der Waals surface area contributed by atoms with Crippen LogP contribution < -0.4 is 9.91 Å². The van der Waals surface area contributed by atoms with Crippen LogP contribution in [0.2, 0.25) is 0 Å². The molecule has 4 rings (SSSR count). The van der Waals surface area contributed by atoms with Gasteiger partial charge in [0.25, 0.3) is 5.69 Å². The Balaban J connectivity index is 1.69. The van der Waals surface area contributed by atoms with Crippen LogP contribution in [0.1, 0.15) is 23.6 Å². The van der Waals surface area contributed by atoms with Gasteiger partial charge in [0.1, 0.15) is 0 Å². The second-order valence-corrected chi connectivity index (χ2v) is 7.24. The molecule has 0 amide bonds. The molecule has 0 saturated heterocycles. The number of nitrogens with zero attached hydrogens (tertiary/aromatic N) is 4. The Labute approximate surface area is 169 Å². The lowest BCUT2D eigenvalue weighted by Gasteiger charge is -2.24. The molecule has 1 aliphatic heterocycles. The minimum Gasteiger partial charge on any atom is -0.378 e. The molecular formula is C23H22N4O2. The second-order valence-electron chi connectivity index (χ2n) is 7.24. The summed E-state index contributed by atoms with van der Waals surface area (Å²) in [5, 5.41) is 17.9. The zero-order valence-electron chi connectivity index (χ0n) is 16.4. The summed E-state index contributed by atoms with van der Waals surface area (Å²) in [4.78, 5) is 12.6. The fourth-order valence-electron chi connectivity index (χ4n) is 3.53. The van der Waals surface area contributed by atoms with Crippen molar-refractivity contribution < 1.29 is 4.92 Å². The normalized spacial score (nSPS) is 15.9. The standard InChI is InChI=1S/C23H22N4O2/c1-25(2)19-12-10-18(11-13-19)23-16-22(17-8-14-21(15-9-17)27(28)29)24-26(23)20-6-4-3-5-7-20/h3-15,23H,16H2,1-2H3/t23-/m1/s1. The second kappa shape index (κ2) is 7.75. The molecule has 1 aliphatic rings. The third-order valence-electron chi connectivity index (χ3n) is 5.14. The highest BCUT2D eigenvalue weighted by atomic mass is 16.6. The quantitative estimate of drug-likeness (QED) is 0.456. The summed E-state index contributed by atoms with van der Waals surface area (Å²) < 4.78 is 0. The Morgan fingerprint density at radius 1 is 0.966 bits per heavy atom. The van der Waals surface area contributed by atoms with Crippen LogP contribution >= 0.6 is 0 Å². The lowest BCUT2D eigenvalue weighted by Crippen LogP contribution is -2.18. The van der Waals surface area contributed by atoms with Gasteiger partial charge < -0.3 is 4.90 Å². The summed E-state index contributed by atoms with van der Waals surface area (Å²) in [5.41, 5.74) is 5.26. The van der Waals surface area contributed by atoms with Crippen molar-refractivity contribution in [3.05, 3.63) is 100 Å². The average Bonchev–Trinajstić information content (AvgIpc) is 3.20. The minimum atomic E-state index is -0.383. The van der Waals surface area contributed by atoms with E-state index in [4.69, 9.17) is 5.10 Å². The van der Waals surface area contributed by atoms with Gasteiger partial charge in [0.15, 0.2) is 0 Å². The smallest absolute Gasteiger partial charge is 0.269 e. The monoisotopic (exact) mass is 386 g/mol. The predicted molar refractivity (Wildman–Crippen MR) is 117 cm³/mol. The van der Waals surface area contributed by atoms with Crippen molar-refractivity contribution in [2.75, 3.05) is 24.0 Å². The van der Waals surface area contributed by atoms with Gasteiger partial charge in [-0.3, -0.25) is 15.1 Å². The van der Waals surface area contributed by atoms with E-state index in [1.54, 1.807) is 12.1 Å². The molecule has 0 spiro atoms. The van der Waals surface area contributed by atoms with Crippen molar-refractivity contribution >= 4 is 22.8 Å². The molecule has 0 bridgehead atoms. The van der Waals surface area contributed by atoms with E-state index < -0.39 is 0 Å². The molecule has 29 heavy (non-hydrogen) atoms. The van der Waals surface area contributed by atoms with Crippen molar-refractivity contribution in [3.63, 3.8) is 0 Å². The Bertz CT molecular complexity index is 1030. The van der Waals surface area contributed by atoms with E-state index in [0.29, 0.717) is 0 Å². The van der Waals surface area contributed by atoms with Gasteiger partial charge in [0, 0.05) is 38.3 Å². The summed E-state index contributed by atoms with van der Waals surface area (Å²) in [7, 11) is 4.05. The molecule has 6 nitrogen and oxygen atoms in total. The lowest BCUT2D eigenvalue weighted by molar-refractivity contribution is -0.384. The summed E-state index contributed by atoms with van der Waals surface area (Å²) >= 11 is 0. The number of nitro benzene ring substituents is 1. The number of para-hydroxylation sites is 1. The molecule has 6 heteroatoms. The Morgan fingerprint density at radius 3 is 2.21 bits per heavy atom. The molecule has 3 aromatic rings. The summed E-state index contributed by atoms with van der Waals surface area (Å²) in [5.74, 6) is 0. The highest BCUT2D eigenvalue weighted by Crippen LogP contribution is 2.37. The molecular weight excluding hydrogens is 364 g/mol. The molecule has 0 N–H and O–H groups in total. The van der Waals surface area contributed by atoms with Gasteiger partial charge in [-0.25, -0.2) is 0 Å². The summed E-state index contributed by atoms with van der Waals surface area (Å²) in [6.45, 7) is 0. The van der Waals surface area contributed by atoms with Gasteiger partial charge in [-0.1, -0.05) is 30.3 Å². The first kappa shape index (κ1) is 18.7. The minimum absolute atomic E-state index is 0.0683. The van der Waals surface area contributed by atoms with E-state index in [-0.39, 0.29) is 16.7 Å². The van der Waals surface area contributed by atoms with Gasteiger partial charge in [0.05, 0.1) is 22.4 Å². The van der Waals surface area contributed by atoms with Gasteiger partial charge in [-0.2, -0.15) is 5.10 Å². The number of rotatable bonds is 5. The van der Waals surface area contributed by atoms with Crippen LogP contribution in [0.25, 0.3) is 0 Å². The van der Waals surface area contributed by atoms with E-state index in [1.807, 2.05) is 49.4 Å². The molecule has 0 unspecified atom stereocenters. The van der Waals surface area contributed by atoms with Crippen LogP contribution in [0.15, 0.2) is 84.0 Å². The number of non-ortho nitro benzene ring substituents is 1. The van der Waals surface area contributed by atoms with E-state index in [9.17, 15) is 10.1 Å². The van der Waals surface area contributed by atoms with Gasteiger partial charge in [-0.15, -0.1) is 0 Å². The first-order valence-corrected chi connectivity index (χ1v) is 9.47. The maximum Gasteiger partial charge on any atom is 0.269 e. The maximum atomic E-state index is 10.9. The number of hydrazone groups is 1. The topological polar surface area (TPSA) is 62.0 Å². The Morgan fingerprint density at radius 2 is 1.62 bits per heavy atom. The van der Waals surface area contributed by atoms with Crippen LogP contribution in [0.4, 0.5) is 17.1 Å². The molecule has 1 heterocycles. The summed E-state index contributed by atoms with van der Waals surface area (Å²) in [6.07, 6.45) is 0.730. The number of hydrogen-bond donors (Lipinski definition) is 0. The van der Waals surface area contributed by atoms with Crippen molar-refractivity contribution in [3.8, 4) is 0 Å². The van der Waals surface area contributed by atoms with Crippen molar-refractivity contribution in [2.24, 2.45) is 5.10 Å². The van der Waals surface area contributed by atoms with Gasteiger partial charge in [0.2, 0.25) is 0 Å². The highest BCUT2D eigenvalue weighted by Gasteiger charge is 2.30. The zero-order valence-corrected chi connectivity index (χ0v) is 16.4. The molecule has 146 valence electrons. The van der Waals surface area contributed by atoms with E-state index in [0.717, 1.165) is 29.1 Å². The molecule has 3 aromatic carbocycles. The van der Waals surface area contributed by atoms with Crippen LogP contribution in [0.3, 0.4) is 0 Å². The number of nitro groups is 1.